The predicted molar refractivity (Wildman–Crippen MR) is 99.3 cm³/mol. The maximum atomic E-state index is 12.5. The molecule has 0 heterocycles. The number of halogens is 1. The number of hydrogen-bond acceptors (Lipinski definition) is 4. The van der Waals surface area contributed by atoms with Crippen LogP contribution in [0.15, 0.2) is 17.0 Å². The van der Waals surface area contributed by atoms with Gasteiger partial charge in [-0.05, 0) is 38.9 Å². The van der Waals surface area contributed by atoms with E-state index >= 15 is 0 Å². The average Bonchev–Trinajstić information content (AvgIpc) is 2.42. The second kappa shape index (κ2) is 9.98. The standard InChI is InChI=1S/C16H27N3O3S.ClH/c1-12-10-13(2)16(14(3)11-12)23(21,22)18-7-6-15(20)19(5)9-8-17-4;/h10-11,17-18H,6-9H2,1-5H3;1H. The van der Waals surface area contributed by atoms with Gasteiger partial charge < -0.3 is 10.2 Å². The minimum Gasteiger partial charge on any atom is -0.344 e. The summed E-state index contributed by atoms with van der Waals surface area (Å²) in [5.41, 5.74) is 2.46. The van der Waals surface area contributed by atoms with E-state index in [-0.39, 0.29) is 31.3 Å². The van der Waals surface area contributed by atoms with E-state index in [9.17, 15) is 13.2 Å². The number of amides is 1. The molecule has 0 saturated heterocycles. The number of carbonyl (C=O) groups excluding carboxylic acids is 1. The summed E-state index contributed by atoms with van der Waals surface area (Å²) in [6.45, 7) is 6.89. The molecule has 1 amide bonds. The van der Waals surface area contributed by atoms with Gasteiger partial charge in [-0.2, -0.15) is 0 Å². The molecule has 1 rings (SSSR count). The molecular weight excluding hydrogens is 350 g/mol. The zero-order valence-electron chi connectivity index (χ0n) is 15.0. The van der Waals surface area contributed by atoms with E-state index < -0.39 is 10.0 Å². The quantitative estimate of drug-likeness (QED) is 0.717. The second-order valence-corrected chi connectivity index (χ2v) is 7.50. The van der Waals surface area contributed by atoms with E-state index in [0.717, 1.165) is 5.56 Å². The fourth-order valence-corrected chi connectivity index (χ4v) is 4.03. The summed E-state index contributed by atoms with van der Waals surface area (Å²) in [6.07, 6.45) is 0.142. The highest BCUT2D eigenvalue weighted by Crippen LogP contribution is 2.21. The molecule has 6 nitrogen and oxygen atoms in total. The number of carbonyl (C=O) groups is 1. The first kappa shape index (κ1) is 22.9. The third-order valence-corrected chi connectivity index (χ3v) is 5.39. The van der Waals surface area contributed by atoms with Gasteiger partial charge in [-0.25, -0.2) is 13.1 Å². The molecule has 0 unspecified atom stereocenters. The first-order chi connectivity index (χ1) is 10.7. The molecule has 0 radical (unpaired) electrons. The minimum absolute atomic E-state index is 0. The van der Waals surface area contributed by atoms with Crippen molar-refractivity contribution in [3.05, 3.63) is 28.8 Å². The van der Waals surface area contributed by atoms with Gasteiger partial charge >= 0.3 is 0 Å². The molecule has 1 aromatic rings. The molecule has 0 aliphatic rings. The minimum atomic E-state index is -3.61. The fourth-order valence-electron chi connectivity index (χ4n) is 2.55. The van der Waals surface area contributed by atoms with Gasteiger partial charge in [-0.3, -0.25) is 4.79 Å². The Morgan fingerprint density at radius 1 is 1.12 bits per heavy atom. The Hall–Kier alpha value is -1.15. The maximum Gasteiger partial charge on any atom is 0.241 e. The van der Waals surface area contributed by atoms with E-state index in [2.05, 4.69) is 10.0 Å². The molecule has 24 heavy (non-hydrogen) atoms. The molecule has 0 atom stereocenters. The Kier molecular flexibility index (Phi) is 9.50. The van der Waals surface area contributed by atoms with Crippen LogP contribution in [0.5, 0.6) is 0 Å². The van der Waals surface area contributed by atoms with Crippen LogP contribution in [-0.4, -0.2) is 53.0 Å². The Morgan fingerprint density at radius 3 is 2.17 bits per heavy atom. The summed E-state index contributed by atoms with van der Waals surface area (Å²) in [7, 11) is -0.0809. The van der Waals surface area contributed by atoms with Crippen molar-refractivity contribution in [2.24, 2.45) is 0 Å². The third-order valence-electron chi connectivity index (χ3n) is 3.63. The molecule has 0 aromatic heterocycles. The molecule has 0 bridgehead atoms. The van der Waals surface area contributed by atoms with Gasteiger partial charge in [0.15, 0.2) is 0 Å². The van der Waals surface area contributed by atoms with Crippen LogP contribution in [0.1, 0.15) is 23.1 Å². The van der Waals surface area contributed by atoms with Crippen molar-refractivity contribution in [1.29, 1.82) is 0 Å². The van der Waals surface area contributed by atoms with Gasteiger partial charge in [0, 0.05) is 33.1 Å². The Bertz CT molecular complexity index is 640. The van der Waals surface area contributed by atoms with Crippen LogP contribution in [0.4, 0.5) is 0 Å². The first-order valence-corrected chi connectivity index (χ1v) is 9.13. The van der Waals surface area contributed by atoms with E-state index in [0.29, 0.717) is 29.1 Å². The van der Waals surface area contributed by atoms with Gasteiger partial charge in [-0.15, -0.1) is 12.4 Å². The lowest BCUT2D eigenvalue weighted by atomic mass is 10.1. The summed E-state index contributed by atoms with van der Waals surface area (Å²) in [4.78, 5) is 13.8. The molecule has 0 spiro atoms. The molecular formula is C16H28ClN3O3S. The monoisotopic (exact) mass is 377 g/mol. The number of hydrogen-bond donors (Lipinski definition) is 2. The summed E-state index contributed by atoms with van der Waals surface area (Å²) >= 11 is 0. The van der Waals surface area contributed by atoms with Crippen LogP contribution < -0.4 is 10.0 Å². The van der Waals surface area contributed by atoms with Crippen molar-refractivity contribution in [2.45, 2.75) is 32.1 Å². The molecule has 0 aliphatic heterocycles. The van der Waals surface area contributed by atoms with E-state index in [4.69, 9.17) is 0 Å². The zero-order valence-corrected chi connectivity index (χ0v) is 16.6. The summed E-state index contributed by atoms with van der Waals surface area (Å²) in [5, 5.41) is 2.97. The first-order valence-electron chi connectivity index (χ1n) is 7.65. The van der Waals surface area contributed by atoms with Gasteiger partial charge in [0.25, 0.3) is 0 Å². The van der Waals surface area contributed by atoms with Crippen LogP contribution in [-0.2, 0) is 14.8 Å². The van der Waals surface area contributed by atoms with Crippen molar-refractivity contribution >= 4 is 28.3 Å². The second-order valence-electron chi connectivity index (χ2n) is 5.79. The highest BCUT2D eigenvalue weighted by Gasteiger charge is 2.20. The lowest BCUT2D eigenvalue weighted by Gasteiger charge is -2.17. The van der Waals surface area contributed by atoms with Crippen molar-refractivity contribution in [3.8, 4) is 0 Å². The molecule has 0 fully saturated rings. The van der Waals surface area contributed by atoms with Crippen LogP contribution in [0.3, 0.4) is 0 Å². The summed E-state index contributed by atoms with van der Waals surface area (Å²) in [6, 6.07) is 3.69. The number of aryl methyl sites for hydroxylation is 3. The summed E-state index contributed by atoms with van der Waals surface area (Å²) in [5.74, 6) is -0.0831. The molecule has 0 aliphatic carbocycles. The van der Waals surface area contributed by atoms with Crippen molar-refractivity contribution in [2.75, 3.05) is 33.7 Å². The van der Waals surface area contributed by atoms with Crippen molar-refractivity contribution in [3.63, 3.8) is 0 Å². The normalized spacial score (nSPS) is 11.0. The van der Waals surface area contributed by atoms with E-state index in [1.54, 1.807) is 25.8 Å². The number of likely N-dealkylation sites (N-methyl/N-ethyl adjacent to an activating group) is 2. The predicted octanol–water partition coefficient (Wildman–Crippen LogP) is 1.38. The maximum absolute atomic E-state index is 12.5. The number of nitrogens with zero attached hydrogens (tertiary/aromatic N) is 1. The number of sulfonamides is 1. The Balaban J connectivity index is 0.00000529. The average molecular weight is 378 g/mol. The zero-order chi connectivity index (χ0) is 17.6. The van der Waals surface area contributed by atoms with Crippen LogP contribution in [0, 0.1) is 20.8 Å². The SMILES string of the molecule is CNCCN(C)C(=O)CCNS(=O)(=O)c1c(C)cc(C)cc1C.Cl. The van der Waals surface area contributed by atoms with Gasteiger partial charge in [-0.1, -0.05) is 17.7 Å². The largest absolute Gasteiger partial charge is 0.344 e. The van der Waals surface area contributed by atoms with Crippen LogP contribution in [0.2, 0.25) is 0 Å². The number of nitrogens with one attached hydrogen (secondary N) is 2. The number of rotatable bonds is 8. The fraction of sp³-hybridized carbons (Fsp3) is 0.562. The van der Waals surface area contributed by atoms with Crippen LogP contribution in [0.25, 0.3) is 0 Å². The molecule has 0 saturated carbocycles. The lowest BCUT2D eigenvalue weighted by molar-refractivity contribution is -0.129. The van der Waals surface area contributed by atoms with Gasteiger partial charge in [0.2, 0.25) is 15.9 Å². The van der Waals surface area contributed by atoms with E-state index in [1.165, 1.54) is 0 Å². The van der Waals surface area contributed by atoms with Gasteiger partial charge in [0.1, 0.15) is 0 Å². The van der Waals surface area contributed by atoms with Gasteiger partial charge in [0.05, 0.1) is 4.90 Å². The summed E-state index contributed by atoms with van der Waals surface area (Å²) < 4.78 is 27.5. The van der Waals surface area contributed by atoms with E-state index in [1.807, 2.05) is 26.1 Å². The molecule has 8 heteroatoms. The van der Waals surface area contributed by atoms with Crippen molar-refractivity contribution < 1.29 is 13.2 Å². The number of benzene rings is 1. The molecule has 1 aromatic carbocycles. The molecule has 138 valence electrons. The molecule has 2 N–H and O–H groups in total. The Labute approximate surface area is 151 Å². The third kappa shape index (κ3) is 6.39. The van der Waals surface area contributed by atoms with Crippen molar-refractivity contribution in [1.82, 2.24) is 14.9 Å². The van der Waals surface area contributed by atoms with Crippen LogP contribution >= 0.6 is 12.4 Å². The smallest absolute Gasteiger partial charge is 0.241 e. The Morgan fingerprint density at radius 2 is 1.67 bits per heavy atom. The topological polar surface area (TPSA) is 78.5 Å². The highest BCUT2D eigenvalue weighted by atomic mass is 35.5. The lowest BCUT2D eigenvalue weighted by Crippen LogP contribution is -2.35. The highest BCUT2D eigenvalue weighted by molar-refractivity contribution is 7.89.